The number of benzene rings is 2. The molecule has 0 fully saturated rings. The fourth-order valence-corrected chi connectivity index (χ4v) is 3.89. The molecule has 2 aliphatic rings. The Kier molecular flexibility index (Phi) is 6.19. The van der Waals surface area contributed by atoms with Gasteiger partial charge in [-0.15, -0.1) is 0 Å². The van der Waals surface area contributed by atoms with Crippen LogP contribution >= 0.6 is 0 Å². The average molecular weight is 551 g/mol. The van der Waals surface area contributed by atoms with Crippen LogP contribution in [-0.2, 0) is 18.9 Å². The van der Waals surface area contributed by atoms with E-state index in [1.807, 2.05) is 0 Å². The molecule has 0 aliphatic carbocycles. The number of H-pyrrole nitrogens is 1. The van der Waals surface area contributed by atoms with Crippen molar-refractivity contribution >= 4 is 0 Å². The van der Waals surface area contributed by atoms with Crippen molar-refractivity contribution in [3.05, 3.63) is 99.6 Å². The van der Waals surface area contributed by atoms with E-state index >= 15 is 0 Å². The van der Waals surface area contributed by atoms with Crippen LogP contribution in [0.4, 0.5) is 35.1 Å². The Morgan fingerprint density at radius 2 is 1.59 bits per heavy atom. The van der Waals surface area contributed by atoms with Gasteiger partial charge in [0.05, 0.1) is 35.6 Å². The molecular formula is C25H13F8N5O. The first kappa shape index (κ1) is 26.0. The molecule has 5 rings (SSSR count). The molecule has 0 atom stereocenters. The van der Waals surface area contributed by atoms with Gasteiger partial charge in [0, 0.05) is 16.8 Å². The minimum atomic E-state index is -5.12. The number of fused-ring (bicyclic) bond motifs is 1. The second-order valence-corrected chi connectivity index (χ2v) is 8.37. The number of hydrogen-bond acceptors (Lipinski definition) is 4. The van der Waals surface area contributed by atoms with Crippen molar-refractivity contribution in [1.29, 1.82) is 0 Å². The molecule has 0 radical (unpaired) electrons. The summed E-state index contributed by atoms with van der Waals surface area (Å²) in [4.78, 5) is 23.2. The van der Waals surface area contributed by atoms with Crippen LogP contribution in [0.3, 0.4) is 0 Å². The molecule has 0 saturated heterocycles. The third-order valence-corrected chi connectivity index (χ3v) is 5.77. The topological polar surface area (TPSA) is 76.5 Å². The molecule has 14 heteroatoms. The van der Waals surface area contributed by atoms with Gasteiger partial charge in [-0.1, -0.05) is 12.1 Å². The second kappa shape index (κ2) is 9.29. The van der Waals surface area contributed by atoms with Crippen LogP contribution in [0.25, 0.3) is 34.0 Å². The lowest BCUT2D eigenvalue weighted by atomic mass is 9.99. The Bertz CT molecular complexity index is 1720. The molecule has 2 aromatic carbocycles. The fraction of sp³-hybridized carbons (Fsp3) is 0.120. The zero-order chi connectivity index (χ0) is 28.1. The quantitative estimate of drug-likeness (QED) is 0.272. The molecule has 0 unspecified atom stereocenters. The molecule has 1 N–H and O–H groups in total. The first-order chi connectivity index (χ1) is 18.3. The standard InChI is InChI=1S/C25H13F8N5O/c26-17-3-1-2-15(21(17)27)22-35-19-9-34-38(11-20(19)36-22)10-12-4-7-18(37-23(12)39)14-6-5-13(24(28,29)30)8-16(14)25(31,32)33/h1-9,11H,10H2,(H,37,39). The third kappa shape index (κ3) is 5.09. The Balaban J connectivity index is 1.45. The van der Waals surface area contributed by atoms with Gasteiger partial charge in [0.25, 0.3) is 5.56 Å². The van der Waals surface area contributed by atoms with E-state index < -0.39 is 46.2 Å². The van der Waals surface area contributed by atoms with E-state index in [1.54, 1.807) is 0 Å². The molecule has 1 aromatic heterocycles. The van der Waals surface area contributed by atoms with Crippen LogP contribution < -0.4 is 5.56 Å². The maximum absolute atomic E-state index is 14.1. The van der Waals surface area contributed by atoms with Crippen molar-refractivity contribution in [2.24, 2.45) is 0 Å². The summed E-state index contributed by atoms with van der Waals surface area (Å²) in [6, 6.07) is 7.03. The summed E-state index contributed by atoms with van der Waals surface area (Å²) in [6.07, 6.45) is -7.44. The van der Waals surface area contributed by atoms with E-state index in [2.05, 4.69) is 20.1 Å². The number of halogens is 8. The van der Waals surface area contributed by atoms with E-state index in [1.165, 1.54) is 35.3 Å². The van der Waals surface area contributed by atoms with Crippen molar-refractivity contribution in [3.63, 3.8) is 0 Å². The molecule has 200 valence electrons. The third-order valence-electron chi connectivity index (χ3n) is 5.77. The van der Waals surface area contributed by atoms with Gasteiger partial charge >= 0.3 is 12.4 Å². The van der Waals surface area contributed by atoms with Gasteiger partial charge in [0.2, 0.25) is 0 Å². The minimum absolute atomic E-state index is 0.0125. The summed E-state index contributed by atoms with van der Waals surface area (Å²) in [5.41, 5.74) is -4.38. The first-order valence-corrected chi connectivity index (χ1v) is 11.0. The van der Waals surface area contributed by atoms with E-state index in [4.69, 9.17) is 0 Å². The second-order valence-electron chi connectivity index (χ2n) is 8.37. The van der Waals surface area contributed by atoms with E-state index in [0.29, 0.717) is 12.1 Å². The van der Waals surface area contributed by atoms with E-state index in [0.717, 1.165) is 12.1 Å². The van der Waals surface area contributed by atoms with Crippen LogP contribution in [0.15, 0.2) is 65.7 Å². The molecule has 0 spiro atoms. The summed E-state index contributed by atoms with van der Waals surface area (Å²) in [6.45, 7) is -0.165. The molecule has 3 aromatic rings. The fourth-order valence-electron chi connectivity index (χ4n) is 3.89. The molecule has 0 bridgehead atoms. The predicted octanol–water partition coefficient (Wildman–Crippen LogP) is 6.16. The van der Waals surface area contributed by atoms with Crippen LogP contribution in [0.2, 0.25) is 0 Å². The van der Waals surface area contributed by atoms with Crippen LogP contribution in [-0.4, -0.2) is 24.7 Å². The van der Waals surface area contributed by atoms with Crippen molar-refractivity contribution in [2.75, 3.05) is 0 Å². The monoisotopic (exact) mass is 551 g/mol. The number of alkyl halides is 6. The molecule has 6 nitrogen and oxygen atoms in total. The maximum atomic E-state index is 14.1. The molecule has 39 heavy (non-hydrogen) atoms. The van der Waals surface area contributed by atoms with Gasteiger partial charge in [-0.05, 0) is 36.4 Å². The zero-order valence-electron chi connectivity index (χ0n) is 19.2. The Morgan fingerprint density at radius 1 is 0.846 bits per heavy atom. The molecular weight excluding hydrogens is 538 g/mol. The van der Waals surface area contributed by atoms with Crippen molar-refractivity contribution in [1.82, 2.24) is 24.7 Å². The summed E-state index contributed by atoms with van der Waals surface area (Å²) in [5.74, 6) is -2.28. The highest BCUT2D eigenvalue weighted by Crippen LogP contribution is 2.40. The van der Waals surface area contributed by atoms with E-state index in [-0.39, 0.29) is 46.6 Å². The summed E-state index contributed by atoms with van der Waals surface area (Å²) in [7, 11) is 0. The molecule has 2 aliphatic heterocycles. The summed E-state index contributed by atoms with van der Waals surface area (Å²) < 4.78 is 108. The highest BCUT2D eigenvalue weighted by molar-refractivity contribution is 5.66. The largest absolute Gasteiger partial charge is 0.417 e. The number of nitrogens with one attached hydrogen (secondary N) is 1. The molecule has 0 amide bonds. The normalized spacial score (nSPS) is 12.3. The summed E-state index contributed by atoms with van der Waals surface area (Å²) >= 11 is 0. The highest BCUT2D eigenvalue weighted by atomic mass is 19.4. The van der Waals surface area contributed by atoms with Gasteiger partial charge in [-0.3, -0.25) is 9.48 Å². The number of rotatable bonds is 4. The summed E-state index contributed by atoms with van der Waals surface area (Å²) in [5, 5.41) is 4.09. The van der Waals surface area contributed by atoms with Crippen molar-refractivity contribution in [2.45, 2.75) is 18.9 Å². The van der Waals surface area contributed by atoms with Gasteiger partial charge in [-0.2, -0.15) is 31.4 Å². The smallest absolute Gasteiger partial charge is 0.322 e. The van der Waals surface area contributed by atoms with Crippen LogP contribution in [0.5, 0.6) is 0 Å². The number of imidazole rings is 1. The predicted molar refractivity (Wildman–Crippen MR) is 121 cm³/mol. The number of pyridine rings is 1. The first-order valence-electron chi connectivity index (χ1n) is 11.0. The molecule has 3 heterocycles. The van der Waals surface area contributed by atoms with Gasteiger partial charge < -0.3 is 4.98 Å². The lowest BCUT2D eigenvalue weighted by Gasteiger charge is -2.16. The number of nitrogens with zero attached hydrogens (tertiary/aromatic N) is 4. The number of aromatic amines is 1. The van der Waals surface area contributed by atoms with Crippen LogP contribution in [0, 0.1) is 11.6 Å². The minimum Gasteiger partial charge on any atom is -0.322 e. The van der Waals surface area contributed by atoms with Gasteiger partial charge in [0.15, 0.2) is 17.5 Å². The zero-order valence-corrected chi connectivity index (χ0v) is 19.2. The maximum Gasteiger partial charge on any atom is 0.417 e. The Hall–Kier alpha value is -4.62. The molecule has 0 saturated carbocycles. The highest BCUT2D eigenvalue weighted by Gasteiger charge is 2.38. The van der Waals surface area contributed by atoms with Gasteiger partial charge in [0.1, 0.15) is 11.4 Å². The van der Waals surface area contributed by atoms with E-state index in [9.17, 15) is 39.9 Å². The SMILES string of the molecule is O=c1[nH]c(-c2ccc(C(F)(F)F)cc2C(F)(F)F)ccc1Cn1cc2nc(-c3cccc(F)c3F)nc-2cn1. The average Bonchev–Trinajstić information content (AvgIpc) is 3.28. The van der Waals surface area contributed by atoms with Crippen molar-refractivity contribution in [3.8, 4) is 34.0 Å². The number of hydrogen-bond donors (Lipinski definition) is 1. The van der Waals surface area contributed by atoms with Crippen LogP contribution in [0.1, 0.15) is 16.7 Å². The lowest BCUT2D eigenvalue weighted by Crippen LogP contribution is -2.18. The number of aromatic nitrogens is 5. The van der Waals surface area contributed by atoms with Crippen molar-refractivity contribution < 1.29 is 35.1 Å². The Labute approximate surface area is 212 Å². The lowest BCUT2D eigenvalue weighted by molar-refractivity contribution is -0.142. The van der Waals surface area contributed by atoms with Gasteiger partial charge in [-0.25, -0.2) is 18.7 Å². The Morgan fingerprint density at radius 3 is 2.28 bits per heavy atom.